The summed E-state index contributed by atoms with van der Waals surface area (Å²) in [5, 5.41) is 8.72. The van der Waals surface area contributed by atoms with Crippen LogP contribution in [0.4, 0.5) is 0 Å². The topological polar surface area (TPSA) is 20.2 Å². The molecule has 0 aromatic carbocycles. The van der Waals surface area contributed by atoms with Crippen molar-refractivity contribution in [2.45, 2.75) is 20.3 Å². The molecule has 46 valence electrons. The second-order valence-electron chi connectivity index (χ2n) is 1.62. The van der Waals surface area contributed by atoms with E-state index in [9.17, 15) is 0 Å². The van der Waals surface area contributed by atoms with Crippen LogP contribution < -0.4 is 0 Å². The van der Waals surface area contributed by atoms with Gasteiger partial charge in [-0.1, -0.05) is 19.6 Å². The summed E-state index contributed by atoms with van der Waals surface area (Å²) in [6.45, 7) is 0. The van der Waals surface area contributed by atoms with Crippen LogP contribution >= 0.6 is 0 Å². The summed E-state index contributed by atoms with van der Waals surface area (Å²) in [5.74, 6) is 0.502. The summed E-state index contributed by atoms with van der Waals surface area (Å²) in [6.07, 6.45) is 7.45. The molecule has 0 bridgehead atoms. The molecule has 0 heterocycles. The van der Waals surface area contributed by atoms with Crippen LogP contribution in [0.25, 0.3) is 0 Å². The highest BCUT2D eigenvalue weighted by Gasteiger charge is 1.91. The Morgan fingerprint density at radius 2 is 2.25 bits per heavy atom. The van der Waals surface area contributed by atoms with E-state index in [1.54, 1.807) is 6.08 Å². The lowest BCUT2D eigenvalue weighted by Gasteiger charge is -1.97. The van der Waals surface area contributed by atoms with Gasteiger partial charge in [0, 0.05) is 6.42 Å². The van der Waals surface area contributed by atoms with E-state index < -0.39 is 0 Å². The summed E-state index contributed by atoms with van der Waals surface area (Å²) >= 11 is 0. The van der Waals surface area contributed by atoms with Crippen molar-refractivity contribution in [3.8, 4) is 0 Å². The molecule has 0 atom stereocenters. The summed E-state index contributed by atoms with van der Waals surface area (Å²) in [6, 6.07) is 0. The fraction of sp³-hybridized carbons (Fsp3) is 0.429. The number of aliphatic hydroxyl groups excluding tert-OH is 1. The fourth-order valence-corrected chi connectivity index (χ4v) is 0.590. The van der Waals surface area contributed by atoms with Gasteiger partial charge in [0.15, 0.2) is 0 Å². The zero-order valence-electron chi connectivity index (χ0n) is 4.09. The van der Waals surface area contributed by atoms with Gasteiger partial charge in [-0.2, -0.15) is 0 Å². The molecule has 0 unspecified atom stereocenters. The number of aliphatic hydroxyl groups is 1. The highest BCUT2D eigenvalue weighted by Crippen LogP contribution is 2.06. The van der Waals surface area contributed by atoms with Gasteiger partial charge >= 0.3 is 0 Å². The Kier molecular flexibility index (Phi) is 3.01. The summed E-state index contributed by atoms with van der Waals surface area (Å²) in [5.41, 5.74) is 0. The SMILES string of the molecule is C.OC1=CC=CCC1. The van der Waals surface area contributed by atoms with Gasteiger partial charge in [-0.15, -0.1) is 0 Å². The smallest absolute Gasteiger partial charge is 0.0925 e. The van der Waals surface area contributed by atoms with Crippen molar-refractivity contribution in [3.63, 3.8) is 0 Å². The molecule has 0 saturated heterocycles. The predicted molar refractivity (Wildman–Crippen MR) is 35.8 cm³/mol. The Labute approximate surface area is 50.3 Å². The minimum Gasteiger partial charge on any atom is -0.512 e. The first-order valence-corrected chi connectivity index (χ1v) is 2.44. The molecule has 0 spiro atoms. The molecule has 0 aromatic heterocycles. The predicted octanol–water partition coefficient (Wildman–Crippen LogP) is 2.41. The van der Waals surface area contributed by atoms with E-state index >= 15 is 0 Å². The van der Waals surface area contributed by atoms with Crippen LogP contribution in [0, 0.1) is 0 Å². The van der Waals surface area contributed by atoms with Gasteiger partial charge in [-0.3, -0.25) is 0 Å². The monoisotopic (exact) mass is 112 g/mol. The molecule has 0 aromatic rings. The lowest BCUT2D eigenvalue weighted by atomic mass is 10.2. The van der Waals surface area contributed by atoms with Crippen LogP contribution in [0.1, 0.15) is 20.3 Å². The molecule has 0 amide bonds. The van der Waals surface area contributed by atoms with Crippen LogP contribution in [0.2, 0.25) is 0 Å². The van der Waals surface area contributed by atoms with Gasteiger partial charge in [0.1, 0.15) is 0 Å². The van der Waals surface area contributed by atoms with Crippen LogP contribution in [0.15, 0.2) is 24.0 Å². The molecule has 0 fully saturated rings. The van der Waals surface area contributed by atoms with Crippen molar-refractivity contribution >= 4 is 0 Å². The third-order valence-corrected chi connectivity index (χ3v) is 0.992. The van der Waals surface area contributed by atoms with E-state index in [0.717, 1.165) is 12.8 Å². The first kappa shape index (κ1) is 7.28. The average Bonchev–Trinajstić information content (AvgIpc) is 1.69. The van der Waals surface area contributed by atoms with Crippen LogP contribution in [-0.4, -0.2) is 5.11 Å². The molecule has 1 heteroatoms. The minimum absolute atomic E-state index is 0. The maximum atomic E-state index is 8.72. The Hall–Kier alpha value is -0.720. The van der Waals surface area contributed by atoms with E-state index in [4.69, 9.17) is 5.11 Å². The van der Waals surface area contributed by atoms with Gasteiger partial charge in [0.2, 0.25) is 0 Å². The van der Waals surface area contributed by atoms with Crippen molar-refractivity contribution in [2.75, 3.05) is 0 Å². The molecular formula is C7H12O. The first-order valence-electron chi connectivity index (χ1n) is 2.44. The third-order valence-electron chi connectivity index (χ3n) is 0.992. The van der Waals surface area contributed by atoms with E-state index in [2.05, 4.69) is 0 Å². The molecule has 0 radical (unpaired) electrons. The van der Waals surface area contributed by atoms with Gasteiger partial charge in [-0.05, 0) is 12.5 Å². The standard InChI is InChI=1S/C6H8O.CH4/c7-6-4-2-1-3-5-6;/h1-2,4,7H,3,5H2;1H4. The van der Waals surface area contributed by atoms with Gasteiger partial charge in [0.25, 0.3) is 0 Å². The van der Waals surface area contributed by atoms with Crippen molar-refractivity contribution in [1.29, 1.82) is 0 Å². The quantitative estimate of drug-likeness (QED) is 0.510. The second-order valence-corrected chi connectivity index (χ2v) is 1.62. The molecule has 8 heavy (non-hydrogen) atoms. The number of allylic oxidation sites excluding steroid dienone is 4. The van der Waals surface area contributed by atoms with E-state index in [-0.39, 0.29) is 7.43 Å². The normalized spacial score (nSPS) is 16.8. The van der Waals surface area contributed by atoms with Crippen molar-refractivity contribution < 1.29 is 5.11 Å². The lowest BCUT2D eigenvalue weighted by molar-refractivity contribution is 0.387. The zero-order valence-corrected chi connectivity index (χ0v) is 4.09. The second kappa shape index (κ2) is 3.30. The minimum atomic E-state index is 0. The molecule has 0 aliphatic heterocycles. The molecule has 0 saturated carbocycles. The highest BCUT2D eigenvalue weighted by atomic mass is 16.3. The molecular weight excluding hydrogens is 100 g/mol. The van der Waals surface area contributed by atoms with Crippen LogP contribution in [-0.2, 0) is 0 Å². The van der Waals surface area contributed by atoms with E-state index in [1.807, 2.05) is 12.2 Å². The number of rotatable bonds is 0. The van der Waals surface area contributed by atoms with Crippen molar-refractivity contribution in [2.24, 2.45) is 0 Å². The van der Waals surface area contributed by atoms with Crippen LogP contribution in [0.3, 0.4) is 0 Å². The number of hydrogen-bond acceptors (Lipinski definition) is 1. The van der Waals surface area contributed by atoms with E-state index in [1.165, 1.54) is 0 Å². The molecule has 1 rings (SSSR count). The maximum absolute atomic E-state index is 8.72. The summed E-state index contributed by atoms with van der Waals surface area (Å²) < 4.78 is 0. The Morgan fingerprint density at radius 1 is 1.50 bits per heavy atom. The fourth-order valence-electron chi connectivity index (χ4n) is 0.590. The molecule has 1 N–H and O–H groups in total. The van der Waals surface area contributed by atoms with E-state index in [0.29, 0.717) is 5.76 Å². The summed E-state index contributed by atoms with van der Waals surface area (Å²) in [4.78, 5) is 0. The molecule has 1 aliphatic carbocycles. The maximum Gasteiger partial charge on any atom is 0.0925 e. The average molecular weight is 112 g/mol. The van der Waals surface area contributed by atoms with Gasteiger partial charge < -0.3 is 5.11 Å². The number of hydrogen-bond donors (Lipinski definition) is 1. The zero-order chi connectivity index (χ0) is 5.11. The third kappa shape index (κ3) is 1.82. The van der Waals surface area contributed by atoms with Crippen molar-refractivity contribution in [1.82, 2.24) is 0 Å². The largest absolute Gasteiger partial charge is 0.512 e. The molecule has 1 nitrogen and oxygen atoms in total. The van der Waals surface area contributed by atoms with Gasteiger partial charge in [0.05, 0.1) is 5.76 Å². The Morgan fingerprint density at radius 3 is 2.50 bits per heavy atom. The highest BCUT2D eigenvalue weighted by molar-refractivity contribution is 5.11. The summed E-state index contributed by atoms with van der Waals surface area (Å²) in [7, 11) is 0. The first-order chi connectivity index (χ1) is 3.39. The van der Waals surface area contributed by atoms with Crippen molar-refractivity contribution in [3.05, 3.63) is 24.0 Å². The lowest BCUT2D eigenvalue weighted by Crippen LogP contribution is -1.82. The van der Waals surface area contributed by atoms with Gasteiger partial charge in [-0.25, -0.2) is 0 Å². The van der Waals surface area contributed by atoms with Crippen LogP contribution in [0.5, 0.6) is 0 Å². The molecule has 1 aliphatic rings. The Bertz CT molecular complexity index is 112. The Balaban J connectivity index is 0.000000490.